The van der Waals surface area contributed by atoms with E-state index >= 15 is 0 Å². The van der Waals surface area contributed by atoms with E-state index in [0.29, 0.717) is 32.9 Å². The minimum absolute atomic E-state index is 0. The first kappa shape index (κ1) is 27.3. The average Bonchev–Trinajstić information content (AvgIpc) is 2.84. The molecule has 179 valence electrons. The number of carboxylic acid groups (broad SMARTS) is 1. The zero-order valence-electron chi connectivity index (χ0n) is 19.7. The van der Waals surface area contributed by atoms with E-state index in [4.69, 9.17) is 21.4 Å². The van der Waals surface area contributed by atoms with Crippen LogP contribution in [0.5, 0.6) is 5.75 Å². The maximum atomic E-state index is 13.1. The molecule has 36 heavy (non-hydrogen) atoms. The standard InChI is InChI=1S/C26H22ClN3O5.Na/c1-30-22(14-28-26(34)29-18-8-5-9-19(13-18)35-15-23(31)32)24(16-6-3-2-4-7-16)21-12-17(27)10-11-20(21)25(30)33;/h2-13H,14-15H2,1H3,(H,31,32)(H2,28,29,34);. The van der Waals surface area contributed by atoms with Crippen molar-refractivity contribution in [1.29, 1.82) is 0 Å². The Morgan fingerprint density at radius 2 is 1.75 bits per heavy atom. The molecule has 10 heteroatoms. The third kappa shape index (κ3) is 6.27. The molecule has 0 saturated heterocycles. The second kappa shape index (κ2) is 12.1. The van der Waals surface area contributed by atoms with Crippen molar-refractivity contribution < 1.29 is 19.4 Å². The smallest absolute Gasteiger partial charge is 0.341 e. The van der Waals surface area contributed by atoms with Crippen molar-refractivity contribution in [3.8, 4) is 16.9 Å². The van der Waals surface area contributed by atoms with Gasteiger partial charge in [-0.3, -0.25) is 4.79 Å². The third-order valence-electron chi connectivity index (χ3n) is 5.41. The fourth-order valence-corrected chi connectivity index (χ4v) is 3.99. The molecule has 1 radical (unpaired) electrons. The van der Waals surface area contributed by atoms with Gasteiger partial charge >= 0.3 is 12.0 Å². The predicted octanol–water partition coefficient (Wildman–Crippen LogP) is 4.26. The molecule has 0 spiro atoms. The molecule has 0 fully saturated rings. The number of carbonyl (C=O) groups excluding carboxylic acids is 1. The Kier molecular flexibility index (Phi) is 9.17. The fraction of sp³-hybridized carbons (Fsp3) is 0.115. The van der Waals surface area contributed by atoms with Crippen LogP contribution >= 0.6 is 11.6 Å². The van der Waals surface area contributed by atoms with Gasteiger partial charge in [-0.25, -0.2) is 9.59 Å². The van der Waals surface area contributed by atoms with Crippen LogP contribution in [0, 0.1) is 0 Å². The maximum Gasteiger partial charge on any atom is 0.341 e. The summed E-state index contributed by atoms with van der Waals surface area (Å²) in [4.78, 5) is 36.4. The van der Waals surface area contributed by atoms with Crippen molar-refractivity contribution in [3.05, 3.63) is 93.9 Å². The fourth-order valence-electron chi connectivity index (χ4n) is 3.82. The van der Waals surface area contributed by atoms with Gasteiger partial charge in [-0.2, -0.15) is 0 Å². The van der Waals surface area contributed by atoms with Gasteiger partial charge in [0.15, 0.2) is 6.61 Å². The molecule has 4 aromatic rings. The second-order valence-electron chi connectivity index (χ2n) is 7.76. The zero-order chi connectivity index (χ0) is 24.9. The Hall–Kier alpha value is -3.30. The summed E-state index contributed by atoms with van der Waals surface area (Å²) in [6, 6.07) is 20.6. The number of nitrogens with zero attached hydrogens (tertiary/aromatic N) is 1. The van der Waals surface area contributed by atoms with Crippen LogP contribution in [-0.2, 0) is 18.4 Å². The quantitative estimate of drug-likeness (QED) is 0.319. The van der Waals surface area contributed by atoms with Crippen molar-refractivity contribution >= 4 is 69.6 Å². The first-order chi connectivity index (χ1) is 16.8. The van der Waals surface area contributed by atoms with E-state index in [0.717, 1.165) is 11.1 Å². The number of ether oxygens (including phenoxy) is 1. The summed E-state index contributed by atoms with van der Waals surface area (Å²) in [6.07, 6.45) is 0. The minimum atomic E-state index is -1.10. The molecule has 0 aliphatic heterocycles. The number of amides is 2. The summed E-state index contributed by atoms with van der Waals surface area (Å²) in [7, 11) is 1.67. The van der Waals surface area contributed by atoms with Gasteiger partial charge in [0.1, 0.15) is 5.75 Å². The number of aliphatic carboxylic acids is 1. The third-order valence-corrected chi connectivity index (χ3v) is 5.65. The maximum absolute atomic E-state index is 13.1. The van der Waals surface area contributed by atoms with Crippen LogP contribution in [0.3, 0.4) is 0 Å². The van der Waals surface area contributed by atoms with Crippen LogP contribution in [0.2, 0.25) is 5.02 Å². The number of aromatic nitrogens is 1. The number of benzene rings is 3. The van der Waals surface area contributed by atoms with Gasteiger partial charge in [-0.15, -0.1) is 0 Å². The Labute approximate surface area is 234 Å². The number of fused-ring (bicyclic) bond motifs is 1. The number of carboxylic acids is 1. The molecule has 3 aromatic carbocycles. The van der Waals surface area contributed by atoms with Crippen molar-refractivity contribution in [2.45, 2.75) is 6.54 Å². The van der Waals surface area contributed by atoms with Crippen molar-refractivity contribution in [2.24, 2.45) is 7.05 Å². The second-order valence-corrected chi connectivity index (χ2v) is 8.20. The summed E-state index contributed by atoms with van der Waals surface area (Å²) < 4.78 is 6.67. The van der Waals surface area contributed by atoms with Gasteiger partial charge in [-0.1, -0.05) is 48.0 Å². The number of rotatable bonds is 7. The van der Waals surface area contributed by atoms with Crippen LogP contribution in [0.1, 0.15) is 5.69 Å². The number of hydrogen-bond acceptors (Lipinski definition) is 4. The van der Waals surface area contributed by atoms with Gasteiger partial charge in [0.05, 0.1) is 6.54 Å². The number of anilines is 1. The Balaban J connectivity index is 0.00000361. The number of urea groups is 1. The molecule has 0 saturated carbocycles. The monoisotopic (exact) mass is 514 g/mol. The predicted molar refractivity (Wildman–Crippen MR) is 141 cm³/mol. The van der Waals surface area contributed by atoms with Gasteiger partial charge in [-0.05, 0) is 41.3 Å². The zero-order valence-corrected chi connectivity index (χ0v) is 22.5. The number of nitrogens with one attached hydrogen (secondary N) is 2. The molecule has 0 aliphatic rings. The topological polar surface area (TPSA) is 110 Å². The number of halogens is 1. The summed E-state index contributed by atoms with van der Waals surface area (Å²) in [6.45, 7) is -0.419. The van der Waals surface area contributed by atoms with Gasteiger partial charge in [0.25, 0.3) is 5.56 Å². The molecular weight excluding hydrogens is 493 g/mol. The number of hydrogen-bond donors (Lipinski definition) is 3. The molecule has 1 aromatic heterocycles. The largest absolute Gasteiger partial charge is 0.482 e. The number of pyridine rings is 1. The SMILES string of the molecule is Cn1c(CNC(=O)Nc2cccc(OCC(=O)O)c2)c(-c2ccccc2)c2cc(Cl)ccc2c1=O.[Na]. The average molecular weight is 515 g/mol. The molecule has 1 heterocycles. The first-order valence-electron chi connectivity index (χ1n) is 10.7. The van der Waals surface area contributed by atoms with Crippen LogP contribution < -0.4 is 20.9 Å². The minimum Gasteiger partial charge on any atom is -0.482 e. The van der Waals surface area contributed by atoms with E-state index in [2.05, 4.69) is 10.6 Å². The Morgan fingerprint density at radius 3 is 2.47 bits per heavy atom. The van der Waals surface area contributed by atoms with E-state index in [1.54, 1.807) is 43.4 Å². The van der Waals surface area contributed by atoms with Crippen LogP contribution in [0.25, 0.3) is 21.9 Å². The molecule has 0 aliphatic carbocycles. The molecule has 0 bridgehead atoms. The Morgan fingerprint density at radius 1 is 1.00 bits per heavy atom. The molecule has 3 N–H and O–H groups in total. The van der Waals surface area contributed by atoms with E-state index in [-0.39, 0.29) is 41.7 Å². The van der Waals surface area contributed by atoms with Gasteiger partial charge < -0.3 is 25.0 Å². The molecule has 8 nitrogen and oxygen atoms in total. The van der Waals surface area contributed by atoms with Crippen LogP contribution in [-0.4, -0.2) is 57.8 Å². The van der Waals surface area contributed by atoms with Gasteiger partial charge in [0, 0.05) is 70.0 Å². The Bertz CT molecular complexity index is 1470. The van der Waals surface area contributed by atoms with E-state index in [1.165, 1.54) is 10.6 Å². The molecule has 0 atom stereocenters. The van der Waals surface area contributed by atoms with Crippen molar-refractivity contribution in [1.82, 2.24) is 9.88 Å². The van der Waals surface area contributed by atoms with Crippen LogP contribution in [0.4, 0.5) is 10.5 Å². The van der Waals surface area contributed by atoms with E-state index in [9.17, 15) is 14.4 Å². The normalized spacial score (nSPS) is 10.4. The molecule has 0 unspecified atom stereocenters. The van der Waals surface area contributed by atoms with Crippen LogP contribution in [0.15, 0.2) is 77.6 Å². The molecule has 2 amide bonds. The summed E-state index contributed by atoms with van der Waals surface area (Å²) in [5.74, 6) is -0.789. The molecular formula is C26H22ClN3NaO5. The first-order valence-corrected chi connectivity index (χ1v) is 11.1. The number of carbonyl (C=O) groups is 2. The molecule has 4 rings (SSSR count). The van der Waals surface area contributed by atoms with Crippen molar-refractivity contribution in [2.75, 3.05) is 11.9 Å². The summed E-state index contributed by atoms with van der Waals surface area (Å²) >= 11 is 6.26. The van der Waals surface area contributed by atoms with Gasteiger partial charge in [0.2, 0.25) is 0 Å². The summed E-state index contributed by atoms with van der Waals surface area (Å²) in [5.41, 5.74) is 2.53. The van der Waals surface area contributed by atoms with E-state index in [1.807, 2.05) is 30.3 Å². The van der Waals surface area contributed by atoms with E-state index < -0.39 is 18.6 Å². The summed E-state index contributed by atoms with van der Waals surface area (Å²) in [5, 5.41) is 16.0. The van der Waals surface area contributed by atoms with Crippen molar-refractivity contribution in [3.63, 3.8) is 0 Å².